The maximum Gasteiger partial charge on any atom is 0.0467 e. The van der Waals surface area contributed by atoms with Crippen molar-refractivity contribution < 1.29 is 0 Å². The lowest BCUT2D eigenvalue weighted by molar-refractivity contribution is 1.28. The lowest BCUT2D eigenvalue weighted by Crippen LogP contribution is -2.10. The molecule has 0 spiro atoms. The SMILES string of the molecule is c1cc(-c2cccc(N(c3ccc(-c4cccc5ccccc45)cc3)c3ccc(-c4cccc5ccccc45)cc3)c2)cc(-c2cccc3c2sc2ccccc23)c1. The van der Waals surface area contributed by atoms with Gasteiger partial charge in [-0.3, -0.25) is 0 Å². The standard InChI is InChI=1S/C56H37NS/c1-3-20-48-38(12-1)14-9-23-50(48)40-28-32-45(33-29-40)57(46-34-30-41(31-35-46)51-24-10-15-39-13-2-4-21-49(39)51)47-19-8-17-43(37-47)42-16-7-18-44(36-42)52-25-11-26-54-53-22-5-6-27-55(53)58-56(52)54/h1-37H. The van der Waals surface area contributed by atoms with E-state index in [4.69, 9.17) is 0 Å². The largest absolute Gasteiger partial charge is 0.310 e. The molecule has 0 aliphatic rings. The number of benzene rings is 10. The molecule has 0 fully saturated rings. The monoisotopic (exact) mass is 755 g/mol. The molecule has 0 atom stereocenters. The third kappa shape index (κ3) is 6.03. The van der Waals surface area contributed by atoms with E-state index >= 15 is 0 Å². The van der Waals surface area contributed by atoms with Crippen molar-refractivity contribution in [3.05, 3.63) is 224 Å². The van der Waals surface area contributed by atoms with Crippen molar-refractivity contribution in [2.75, 3.05) is 4.90 Å². The summed E-state index contributed by atoms with van der Waals surface area (Å²) in [6, 6.07) is 81.9. The molecule has 2 heteroatoms. The van der Waals surface area contributed by atoms with Crippen LogP contribution in [0.15, 0.2) is 224 Å². The molecule has 0 amide bonds. The first-order chi connectivity index (χ1) is 28.7. The third-order valence-corrected chi connectivity index (χ3v) is 12.7. The highest BCUT2D eigenvalue weighted by Gasteiger charge is 2.16. The minimum Gasteiger partial charge on any atom is -0.310 e. The summed E-state index contributed by atoms with van der Waals surface area (Å²) in [5.41, 5.74) is 13.0. The van der Waals surface area contributed by atoms with Gasteiger partial charge in [0.15, 0.2) is 0 Å². The highest BCUT2D eigenvalue weighted by molar-refractivity contribution is 7.26. The Morgan fingerprint density at radius 3 is 1.40 bits per heavy atom. The van der Waals surface area contributed by atoms with Gasteiger partial charge in [-0.2, -0.15) is 0 Å². The van der Waals surface area contributed by atoms with Crippen molar-refractivity contribution in [3.63, 3.8) is 0 Å². The summed E-state index contributed by atoms with van der Waals surface area (Å²) >= 11 is 1.88. The van der Waals surface area contributed by atoms with Crippen LogP contribution in [0.25, 0.3) is 86.2 Å². The summed E-state index contributed by atoms with van der Waals surface area (Å²) in [5, 5.41) is 7.66. The van der Waals surface area contributed by atoms with Crippen LogP contribution >= 0.6 is 11.3 Å². The van der Waals surface area contributed by atoms with E-state index < -0.39 is 0 Å². The number of hydrogen-bond acceptors (Lipinski definition) is 2. The molecule has 0 saturated heterocycles. The Hall–Kier alpha value is -7.26. The highest BCUT2D eigenvalue weighted by Crippen LogP contribution is 2.42. The lowest BCUT2D eigenvalue weighted by Gasteiger charge is -2.26. The van der Waals surface area contributed by atoms with Crippen LogP contribution in [0.5, 0.6) is 0 Å². The summed E-state index contributed by atoms with van der Waals surface area (Å²) in [5.74, 6) is 0. The van der Waals surface area contributed by atoms with Crippen molar-refractivity contribution in [1.82, 2.24) is 0 Å². The molecule has 11 rings (SSSR count). The van der Waals surface area contributed by atoms with Crippen molar-refractivity contribution >= 4 is 70.1 Å². The molecule has 272 valence electrons. The Morgan fingerprint density at radius 1 is 0.276 bits per heavy atom. The van der Waals surface area contributed by atoms with Crippen LogP contribution in [0.2, 0.25) is 0 Å². The fraction of sp³-hybridized carbons (Fsp3) is 0. The zero-order chi connectivity index (χ0) is 38.4. The number of anilines is 3. The molecule has 1 heterocycles. The summed E-state index contributed by atoms with van der Waals surface area (Å²) in [4.78, 5) is 2.38. The minimum absolute atomic E-state index is 1.10. The number of rotatable bonds is 7. The smallest absolute Gasteiger partial charge is 0.0467 e. The molecule has 0 N–H and O–H groups in total. The highest BCUT2D eigenvalue weighted by atomic mass is 32.1. The van der Waals surface area contributed by atoms with Gasteiger partial charge in [0.1, 0.15) is 0 Å². The second-order valence-electron chi connectivity index (χ2n) is 14.9. The van der Waals surface area contributed by atoms with Crippen LogP contribution in [-0.4, -0.2) is 0 Å². The molecule has 0 unspecified atom stereocenters. The van der Waals surface area contributed by atoms with E-state index in [1.807, 2.05) is 11.3 Å². The maximum absolute atomic E-state index is 2.38. The summed E-state index contributed by atoms with van der Waals surface area (Å²) in [6.45, 7) is 0. The van der Waals surface area contributed by atoms with Crippen molar-refractivity contribution in [2.24, 2.45) is 0 Å². The number of thiophene rings is 1. The molecule has 0 radical (unpaired) electrons. The van der Waals surface area contributed by atoms with E-state index in [2.05, 4.69) is 229 Å². The molecule has 1 aromatic heterocycles. The van der Waals surface area contributed by atoms with Gasteiger partial charge in [-0.15, -0.1) is 11.3 Å². The van der Waals surface area contributed by atoms with Crippen LogP contribution in [-0.2, 0) is 0 Å². The van der Waals surface area contributed by atoms with Gasteiger partial charge in [-0.1, -0.05) is 176 Å². The molecular weight excluding hydrogens is 719 g/mol. The van der Waals surface area contributed by atoms with Crippen LogP contribution in [0, 0.1) is 0 Å². The van der Waals surface area contributed by atoms with Crippen molar-refractivity contribution in [3.8, 4) is 44.5 Å². The Bertz CT molecular complexity index is 3150. The number of fused-ring (bicyclic) bond motifs is 5. The quantitative estimate of drug-likeness (QED) is 0.157. The van der Waals surface area contributed by atoms with Gasteiger partial charge < -0.3 is 4.90 Å². The Balaban J connectivity index is 1.01. The normalized spacial score (nSPS) is 11.4. The van der Waals surface area contributed by atoms with Gasteiger partial charge in [0.2, 0.25) is 0 Å². The first-order valence-electron chi connectivity index (χ1n) is 19.8. The Morgan fingerprint density at radius 2 is 0.741 bits per heavy atom. The number of nitrogens with zero attached hydrogens (tertiary/aromatic N) is 1. The molecule has 10 aromatic carbocycles. The van der Waals surface area contributed by atoms with Gasteiger partial charge in [-0.25, -0.2) is 0 Å². The lowest BCUT2D eigenvalue weighted by atomic mass is 9.96. The first kappa shape index (κ1) is 34.0. The third-order valence-electron chi connectivity index (χ3n) is 11.5. The zero-order valence-corrected chi connectivity index (χ0v) is 32.5. The predicted octanol–water partition coefficient (Wildman–Crippen LogP) is 16.5. The predicted molar refractivity (Wildman–Crippen MR) is 251 cm³/mol. The van der Waals surface area contributed by atoms with Gasteiger partial charge in [0, 0.05) is 37.2 Å². The topological polar surface area (TPSA) is 3.24 Å². The molecular formula is C56H37NS. The fourth-order valence-electron chi connectivity index (χ4n) is 8.65. The first-order valence-corrected chi connectivity index (χ1v) is 20.6. The van der Waals surface area contributed by atoms with Crippen LogP contribution < -0.4 is 4.90 Å². The van der Waals surface area contributed by atoms with Gasteiger partial charge in [-0.05, 0) is 115 Å². The molecule has 11 aromatic rings. The zero-order valence-electron chi connectivity index (χ0n) is 31.7. The van der Waals surface area contributed by atoms with Crippen LogP contribution in [0.1, 0.15) is 0 Å². The Kier molecular flexibility index (Phi) is 8.42. The summed E-state index contributed by atoms with van der Waals surface area (Å²) in [6.07, 6.45) is 0. The summed E-state index contributed by atoms with van der Waals surface area (Å²) < 4.78 is 2.66. The molecule has 0 saturated carbocycles. The second-order valence-corrected chi connectivity index (χ2v) is 15.9. The minimum atomic E-state index is 1.10. The van der Waals surface area contributed by atoms with Crippen LogP contribution in [0.3, 0.4) is 0 Å². The Labute approximate surface area is 342 Å². The molecule has 58 heavy (non-hydrogen) atoms. The molecule has 0 aliphatic heterocycles. The average Bonchev–Trinajstić information content (AvgIpc) is 3.69. The number of hydrogen-bond donors (Lipinski definition) is 0. The molecule has 0 bridgehead atoms. The average molecular weight is 756 g/mol. The van der Waals surface area contributed by atoms with Crippen molar-refractivity contribution in [2.45, 2.75) is 0 Å². The van der Waals surface area contributed by atoms with E-state index in [0.29, 0.717) is 0 Å². The van der Waals surface area contributed by atoms with Crippen LogP contribution in [0.4, 0.5) is 17.1 Å². The summed E-state index contributed by atoms with van der Waals surface area (Å²) in [7, 11) is 0. The van der Waals surface area contributed by atoms with E-state index in [-0.39, 0.29) is 0 Å². The van der Waals surface area contributed by atoms with Gasteiger partial charge >= 0.3 is 0 Å². The fourth-order valence-corrected chi connectivity index (χ4v) is 9.89. The molecule has 0 aliphatic carbocycles. The van der Waals surface area contributed by atoms with E-state index in [0.717, 1.165) is 17.1 Å². The van der Waals surface area contributed by atoms with E-state index in [1.54, 1.807) is 0 Å². The van der Waals surface area contributed by atoms with Crippen molar-refractivity contribution in [1.29, 1.82) is 0 Å². The van der Waals surface area contributed by atoms with Gasteiger partial charge in [0.25, 0.3) is 0 Å². The van der Waals surface area contributed by atoms with Gasteiger partial charge in [0.05, 0.1) is 0 Å². The second kappa shape index (κ2) is 14.4. The molecule has 1 nitrogen and oxygen atoms in total. The van der Waals surface area contributed by atoms with E-state index in [9.17, 15) is 0 Å². The maximum atomic E-state index is 2.38. The van der Waals surface area contributed by atoms with E-state index in [1.165, 1.54) is 86.2 Å².